The summed E-state index contributed by atoms with van der Waals surface area (Å²) in [6.07, 6.45) is 11.9. The van der Waals surface area contributed by atoms with E-state index in [0.717, 1.165) is 62.6 Å². The zero-order valence-electron chi connectivity index (χ0n) is 21.4. The van der Waals surface area contributed by atoms with E-state index in [-0.39, 0.29) is 23.0 Å². The van der Waals surface area contributed by atoms with Crippen molar-refractivity contribution < 1.29 is 14.7 Å². The average molecular weight is 460 g/mol. The number of nitrogens with one attached hydrogen (secondary N) is 1. The van der Waals surface area contributed by atoms with Gasteiger partial charge in [0.1, 0.15) is 0 Å². The Kier molecular flexibility index (Phi) is 7.26. The van der Waals surface area contributed by atoms with E-state index in [1.165, 1.54) is 24.8 Å². The van der Waals surface area contributed by atoms with Crippen LogP contribution in [0, 0.1) is 34.5 Å². The van der Waals surface area contributed by atoms with Crippen LogP contribution < -0.4 is 5.32 Å². The fraction of sp³-hybridized carbons (Fsp3) is 0.852. The predicted octanol–water partition coefficient (Wildman–Crippen LogP) is 4.98. The van der Waals surface area contributed by atoms with E-state index in [1.54, 1.807) is 11.9 Å². The number of aliphatic hydroxyl groups excluding tert-OH is 1. The maximum Gasteiger partial charge on any atom is 0.435 e. The minimum absolute atomic E-state index is 0.144. The Balaban J connectivity index is 1.43. The van der Waals surface area contributed by atoms with Crippen LogP contribution in [-0.4, -0.2) is 55.1 Å². The molecule has 4 aliphatic carbocycles. The molecule has 186 valence electrons. The molecule has 2 N–H and O–H groups in total. The maximum absolute atomic E-state index is 12.4. The highest BCUT2D eigenvalue weighted by Gasteiger charge is 2.59. The summed E-state index contributed by atoms with van der Waals surface area (Å²) < 4.78 is 0. The Hall–Kier alpha value is -1.40. The normalized spacial score (nSPS) is 40.4. The number of aliphatic hydroxyl groups is 1. The topological polar surface area (TPSA) is 74.2 Å². The van der Waals surface area contributed by atoms with Crippen LogP contribution in [0.25, 0.3) is 0 Å². The fourth-order valence-electron chi connectivity index (χ4n) is 8.16. The third-order valence-electron chi connectivity index (χ3n) is 10.1. The zero-order valence-corrected chi connectivity index (χ0v) is 21.4. The number of oxime groups is 1. The Morgan fingerprint density at radius 2 is 2.03 bits per heavy atom. The molecule has 0 spiro atoms. The SMILES string of the molecule is CNCCCN(C)C(=O)O/N=C(\C)[C@H]1CC[C@H]2[C@@H]3CC=C4C[C@@H](O)CC[C@]4(C)[C@H]3CC[C@]12C. The molecule has 0 saturated heterocycles. The molecule has 0 aliphatic heterocycles. The Morgan fingerprint density at radius 3 is 2.79 bits per heavy atom. The van der Waals surface area contributed by atoms with E-state index in [2.05, 4.69) is 37.3 Å². The van der Waals surface area contributed by atoms with Gasteiger partial charge in [0, 0.05) is 19.5 Å². The van der Waals surface area contributed by atoms with Crippen molar-refractivity contribution in [3.8, 4) is 0 Å². The molecule has 3 fully saturated rings. The van der Waals surface area contributed by atoms with Crippen LogP contribution in [0.5, 0.6) is 0 Å². The van der Waals surface area contributed by atoms with Crippen LogP contribution >= 0.6 is 0 Å². The van der Waals surface area contributed by atoms with Gasteiger partial charge in [0.05, 0.1) is 11.8 Å². The van der Waals surface area contributed by atoms with Crippen molar-refractivity contribution in [2.24, 2.45) is 39.7 Å². The van der Waals surface area contributed by atoms with E-state index >= 15 is 0 Å². The summed E-state index contributed by atoms with van der Waals surface area (Å²) >= 11 is 0. The number of carbonyl (C=O) groups excluding carboxylic acids is 1. The van der Waals surface area contributed by atoms with Gasteiger partial charge in [-0.2, -0.15) is 0 Å². The van der Waals surface area contributed by atoms with Crippen molar-refractivity contribution in [1.82, 2.24) is 10.2 Å². The standard InChI is InChI=1S/C27H45N3O3/c1-18(29-33-25(32)30(5)16-6-15-28-4)22-9-10-23-21-8-7-19-17-20(31)11-13-26(19,2)24(21)12-14-27(22,23)3/h7,20-24,28,31H,6,8-17H2,1-5H3/b29-18+/t20-,21-,22+,23-,24-,26-,27+/m0/s1. The van der Waals surface area contributed by atoms with E-state index < -0.39 is 0 Å². The predicted molar refractivity (Wildman–Crippen MR) is 132 cm³/mol. The molecule has 0 bridgehead atoms. The summed E-state index contributed by atoms with van der Waals surface area (Å²) in [5, 5.41) is 17.7. The molecular formula is C27H45N3O3. The van der Waals surface area contributed by atoms with Gasteiger partial charge in [0.2, 0.25) is 0 Å². The summed E-state index contributed by atoms with van der Waals surface area (Å²) in [6.45, 7) is 8.55. The third-order valence-corrected chi connectivity index (χ3v) is 10.1. The monoisotopic (exact) mass is 459 g/mol. The van der Waals surface area contributed by atoms with E-state index in [1.807, 2.05) is 7.05 Å². The smallest absolute Gasteiger partial charge is 0.393 e. The number of carbonyl (C=O) groups is 1. The second-order valence-electron chi connectivity index (χ2n) is 11.8. The van der Waals surface area contributed by atoms with Crippen LogP contribution in [0.3, 0.4) is 0 Å². The van der Waals surface area contributed by atoms with Crippen molar-refractivity contribution >= 4 is 11.8 Å². The number of fused-ring (bicyclic) bond motifs is 5. The summed E-state index contributed by atoms with van der Waals surface area (Å²) in [4.78, 5) is 19.3. The van der Waals surface area contributed by atoms with Crippen molar-refractivity contribution in [3.05, 3.63) is 11.6 Å². The zero-order chi connectivity index (χ0) is 23.8. The Bertz CT molecular complexity index is 795. The molecule has 0 aromatic heterocycles. The summed E-state index contributed by atoms with van der Waals surface area (Å²) in [5.41, 5.74) is 3.02. The molecule has 6 nitrogen and oxygen atoms in total. The van der Waals surface area contributed by atoms with Crippen LogP contribution in [0.1, 0.15) is 78.6 Å². The Labute approximate surface area is 200 Å². The molecule has 0 aromatic carbocycles. The van der Waals surface area contributed by atoms with Gasteiger partial charge in [-0.1, -0.05) is 30.7 Å². The first-order valence-corrected chi connectivity index (χ1v) is 13.2. The number of hydrogen-bond donors (Lipinski definition) is 2. The molecule has 4 rings (SSSR count). The first-order chi connectivity index (χ1) is 15.7. The molecule has 0 heterocycles. The van der Waals surface area contributed by atoms with Crippen LogP contribution in [0.15, 0.2) is 16.8 Å². The first-order valence-electron chi connectivity index (χ1n) is 13.2. The molecule has 7 atom stereocenters. The Morgan fingerprint density at radius 1 is 1.24 bits per heavy atom. The quantitative estimate of drug-likeness (QED) is 0.193. The minimum atomic E-state index is -0.369. The van der Waals surface area contributed by atoms with Gasteiger partial charge in [-0.3, -0.25) is 4.84 Å². The van der Waals surface area contributed by atoms with E-state index in [9.17, 15) is 9.90 Å². The van der Waals surface area contributed by atoms with E-state index in [4.69, 9.17) is 4.84 Å². The van der Waals surface area contributed by atoms with Gasteiger partial charge in [-0.25, -0.2) is 4.79 Å². The van der Waals surface area contributed by atoms with Crippen LogP contribution in [-0.2, 0) is 4.84 Å². The van der Waals surface area contributed by atoms with Crippen molar-refractivity contribution in [3.63, 3.8) is 0 Å². The number of amides is 1. The number of rotatable bonds is 6. The largest absolute Gasteiger partial charge is 0.435 e. The molecule has 4 aliphatic rings. The summed E-state index contributed by atoms with van der Waals surface area (Å²) in [6, 6.07) is 0. The highest BCUT2D eigenvalue weighted by molar-refractivity contribution is 5.85. The molecule has 3 saturated carbocycles. The molecule has 0 radical (unpaired) electrons. The average Bonchev–Trinajstić information content (AvgIpc) is 3.15. The van der Waals surface area contributed by atoms with Gasteiger partial charge in [0.15, 0.2) is 0 Å². The highest BCUT2D eigenvalue weighted by atomic mass is 16.7. The fourth-order valence-corrected chi connectivity index (χ4v) is 8.16. The third kappa shape index (κ3) is 4.50. The lowest BCUT2D eigenvalue weighted by atomic mass is 9.47. The van der Waals surface area contributed by atoms with Crippen molar-refractivity contribution in [1.29, 1.82) is 0 Å². The lowest BCUT2D eigenvalue weighted by molar-refractivity contribution is -0.0426. The molecule has 6 heteroatoms. The molecule has 1 amide bonds. The summed E-state index contributed by atoms with van der Waals surface area (Å²) in [7, 11) is 3.68. The summed E-state index contributed by atoms with van der Waals surface area (Å²) in [5.74, 6) is 2.56. The molecule has 0 aromatic rings. The number of hydrogen-bond acceptors (Lipinski definition) is 5. The van der Waals surface area contributed by atoms with Crippen LogP contribution in [0.2, 0.25) is 0 Å². The van der Waals surface area contributed by atoms with Gasteiger partial charge < -0.3 is 15.3 Å². The maximum atomic E-state index is 12.4. The van der Waals surface area contributed by atoms with Crippen molar-refractivity contribution in [2.45, 2.75) is 84.7 Å². The van der Waals surface area contributed by atoms with Gasteiger partial charge in [-0.15, -0.1) is 0 Å². The number of nitrogens with zero attached hydrogens (tertiary/aromatic N) is 2. The van der Waals surface area contributed by atoms with Gasteiger partial charge in [0.25, 0.3) is 0 Å². The lowest BCUT2D eigenvalue weighted by Crippen LogP contribution is -2.50. The van der Waals surface area contributed by atoms with Crippen molar-refractivity contribution in [2.75, 3.05) is 27.2 Å². The number of allylic oxidation sites excluding steroid dienone is 1. The van der Waals surface area contributed by atoms with Crippen LogP contribution in [0.4, 0.5) is 4.79 Å². The first kappa shape index (κ1) is 24.7. The lowest BCUT2D eigenvalue weighted by Gasteiger charge is -2.58. The second-order valence-corrected chi connectivity index (χ2v) is 11.8. The second kappa shape index (κ2) is 9.69. The molecule has 0 unspecified atom stereocenters. The van der Waals surface area contributed by atoms with Gasteiger partial charge in [-0.05, 0) is 107 Å². The molecule has 33 heavy (non-hydrogen) atoms. The minimum Gasteiger partial charge on any atom is -0.393 e. The molecular weight excluding hydrogens is 414 g/mol. The highest BCUT2D eigenvalue weighted by Crippen LogP contribution is 2.66. The van der Waals surface area contributed by atoms with E-state index in [0.29, 0.717) is 18.4 Å². The van der Waals surface area contributed by atoms with Gasteiger partial charge >= 0.3 is 6.09 Å².